The zero-order valence-corrected chi connectivity index (χ0v) is 21.9. The standard InChI is InChI=1S/C23H22ClFN6O4S2/c1-35-23(32)18-19(13-4-7-31(8-5-13)37(33,34)15-11-27-28-12-15)29-21(22-26-6-9-36-22)30-20(18)16-3-2-14(25)10-17(16)24/h2-3,6,9-13,20H,4-5,7-8H2,1H3,(H,27,28)(H,29,30). The van der Waals surface area contributed by atoms with E-state index >= 15 is 0 Å². The van der Waals surface area contributed by atoms with Crippen molar-refractivity contribution >= 4 is 44.8 Å². The van der Waals surface area contributed by atoms with Crippen LogP contribution in [0.25, 0.3) is 0 Å². The second-order valence-electron chi connectivity index (χ2n) is 8.44. The molecule has 1 saturated heterocycles. The summed E-state index contributed by atoms with van der Waals surface area (Å²) in [6, 6.07) is 3.06. The third-order valence-electron chi connectivity index (χ3n) is 6.35. The Morgan fingerprint density at radius 3 is 2.70 bits per heavy atom. The number of amidine groups is 1. The molecule has 37 heavy (non-hydrogen) atoms. The lowest BCUT2D eigenvalue weighted by atomic mass is 9.86. The van der Waals surface area contributed by atoms with Crippen LogP contribution in [0.5, 0.6) is 0 Å². The molecule has 194 valence electrons. The number of piperidine rings is 1. The van der Waals surface area contributed by atoms with E-state index in [1.54, 1.807) is 11.6 Å². The summed E-state index contributed by atoms with van der Waals surface area (Å²) < 4.78 is 46.3. The van der Waals surface area contributed by atoms with Gasteiger partial charge in [-0.25, -0.2) is 22.6 Å². The Morgan fingerprint density at radius 2 is 2.08 bits per heavy atom. The van der Waals surface area contributed by atoms with Gasteiger partial charge in [0.2, 0.25) is 10.0 Å². The number of rotatable bonds is 6. The van der Waals surface area contributed by atoms with Gasteiger partial charge < -0.3 is 10.1 Å². The smallest absolute Gasteiger partial charge is 0.338 e. The van der Waals surface area contributed by atoms with Gasteiger partial charge in [-0.1, -0.05) is 17.7 Å². The molecular weight excluding hydrogens is 543 g/mol. The maximum absolute atomic E-state index is 13.8. The molecule has 5 rings (SSSR count). The highest BCUT2D eigenvalue weighted by molar-refractivity contribution is 7.89. The van der Waals surface area contributed by atoms with Gasteiger partial charge in [-0.05, 0) is 25.0 Å². The van der Waals surface area contributed by atoms with E-state index in [-0.39, 0.29) is 34.5 Å². The molecule has 1 atom stereocenters. The van der Waals surface area contributed by atoms with E-state index in [2.05, 4.69) is 20.5 Å². The first kappa shape index (κ1) is 25.5. The van der Waals surface area contributed by atoms with Crippen molar-refractivity contribution in [2.24, 2.45) is 10.9 Å². The molecule has 0 amide bonds. The van der Waals surface area contributed by atoms with Crippen molar-refractivity contribution in [3.8, 4) is 0 Å². The van der Waals surface area contributed by atoms with Crippen LogP contribution < -0.4 is 5.32 Å². The Labute approximate surface area is 221 Å². The lowest BCUT2D eigenvalue weighted by molar-refractivity contribution is -0.136. The third-order valence-corrected chi connectivity index (χ3v) is 9.32. The molecule has 4 heterocycles. The number of carbonyl (C=O) groups excluding carboxylic acids is 1. The van der Waals surface area contributed by atoms with Crippen LogP contribution in [0.3, 0.4) is 0 Å². The molecule has 1 unspecified atom stereocenters. The number of methoxy groups -OCH3 is 1. The number of benzene rings is 1. The van der Waals surface area contributed by atoms with Gasteiger partial charge in [0.1, 0.15) is 16.8 Å². The largest absolute Gasteiger partial charge is 0.466 e. The van der Waals surface area contributed by atoms with Crippen LogP contribution in [0.2, 0.25) is 5.02 Å². The normalized spacial score (nSPS) is 19.4. The van der Waals surface area contributed by atoms with Gasteiger partial charge in [-0.3, -0.25) is 10.1 Å². The van der Waals surface area contributed by atoms with E-state index in [1.807, 2.05) is 0 Å². The number of nitrogens with one attached hydrogen (secondary N) is 2. The molecule has 2 N–H and O–H groups in total. The summed E-state index contributed by atoms with van der Waals surface area (Å²) in [5, 5.41) is 12.1. The zero-order chi connectivity index (χ0) is 26.2. The summed E-state index contributed by atoms with van der Waals surface area (Å²) in [6.07, 6.45) is 5.14. The molecule has 1 aromatic carbocycles. The first-order valence-electron chi connectivity index (χ1n) is 11.3. The number of ether oxygens (including phenoxy) is 1. The van der Waals surface area contributed by atoms with Crippen LogP contribution in [-0.4, -0.2) is 59.9 Å². The van der Waals surface area contributed by atoms with Gasteiger partial charge in [0.15, 0.2) is 10.8 Å². The van der Waals surface area contributed by atoms with Crippen LogP contribution >= 0.6 is 22.9 Å². The topological polar surface area (TPSA) is 130 Å². The molecule has 2 aromatic heterocycles. The van der Waals surface area contributed by atoms with E-state index in [1.165, 1.54) is 53.3 Å². The number of esters is 1. The molecule has 14 heteroatoms. The SMILES string of the molecule is COC(=O)C1=C(C2CCN(S(=O)(=O)c3cn[nH]c3)CC2)NC(c2nccs2)=NC1c1ccc(F)cc1Cl. The third kappa shape index (κ3) is 4.91. The minimum absolute atomic E-state index is 0.0976. The first-order valence-corrected chi connectivity index (χ1v) is 14.0. The summed E-state index contributed by atoms with van der Waals surface area (Å²) in [5.74, 6) is -0.890. The number of aliphatic imine (C=N–C) groups is 1. The van der Waals surface area contributed by atoms with Crippen molar-refractivity contribution < 1.29 is 22.3 Å². The highest BCUT2D eigenvalue weighted by Crippen LogP contribution is 2.40. The van der Waals surface area contributed by atoms with Crippen molar-refractivity contribution in [1.29, 1.82) is 0 Å². The summed E-state index contributed by atoms with van der Waals surface area (Å²) in [7, 11) is -2.42. The predicted octanol–water partition coefficient (Wildman–Crippen LogP) is 3.28. The Balaban J connectivity index is 1.53. The fraction of sp³-hybridized carbons (Fsp3) is 0.304. The van der Waals surface area contributed by atoms with Gasteiger partial charge in [-0.2, -0.15) is 9.40 Å². The maximum atomic E-state index is 13.8. The summed E-state index contributed by atoms with van der Waals surface area (Å²) in [5.41, 5.74) is 1.25. The minimum Gasteiger partial charge on any atom is -0.466 e. The van der Waals surface area contributed by atoms with Crippen molar-refractivity contribution in [2.75, 3.05) is 20.2 Å². The average Bonchev–Trinajstić information content (AvgIpc) is 3.63. The summed E-state index contributed by atoms with van der Waals surface area (Å²) in [4.78, 5) is 22.3. The second kappa shape index (κ2) is 10.3. The number of allylic oxidation sites excluding steroid dienone is 1. The zero-order valence-electron chi connectivity index (χ0n) is 19.5. The number of thiazole rings is 1. The van der Waals surface area contributed by atoms with Gasteiger partial charge in [0.25, 0.3) is 0 Å². The average molecular weight is 565 g/mol. The molecule has 0 spiro atoms. The van der Waals surface area contributed by atoms with Gasteiger partial charge in [-0.15, -0.1) is 11.3 Å². The lowest BCUT2D eigenvalue weighted by Crippen LogP contribution is -2.43. The lowest BCUT2D eigenvalue weighted by Gasteiger charge is -2.36. The highest BCUT2D eigenvalue weighted by atomic mass is 35.5. The fourth-order valence-electron chi connectivity index (χ4n) is 4.53. The molecular formula is C23H22ClFN6O4S2. The quantitative estimate of drug-likeness (QED) is 0.439. The monoisotopic (exact) mass is 564 g/mol. The van der Waals surface area contributed by atoms with Gasteiger partial charge >= 0.3 is 5.97 Å². The molecule has 0 bridgehead atoms. The number of sulfonamides is 1. The number of halogens is 2. The Hall–Kier alpha value is -3.13. The van der Waals surface area contributed by atoms with E-state index < -0.39 is 27.9 Å². The van der Waals surface area contributed by atoms with Crippen LogP contribution in [-0.2, 0) is 19.6 Å². The Morgan fingerprint density at radius 1 is 1.30 bits per heavy atom. The van der Waals surface area contributed by atoms with Crippen LogP contribution in [0.1, 0.15) is 29.5 Å². The number of nitrogens with zero attached hydrogens (tertiary/aromatic N) is 4. The highest BCUT2D eigenvalue weighted by Gasteiger charge is 2.39. The molecule has 0 radical (unpaired) electrons. The predicted molar refractivity (Wildman–Crippen MR) is 135 cm³/mol. The Bertz CT molecular complexity index is 1470. The van der Waals surface area contributed by atoms with Crippen molar-refractivity contribution in [3.05, 3.63) is 74.9 Å². The molecule has 2 aliphatic heterocycles. The summed E-state index contributed by atoms with van der Waals surface area (Å²) >= 11 is 7.77. The van der Waals surface area contributed by atoms with Crippen LogP contribution in [0.4, 0.5) is 4.39 Å². The molecule has 2 aliphatic rings. The first-order chi connectivity index (χ1) is 17.8. The number of aromatic nitrogens is 3. The fourth-order valence-corrected chi connectivity index (χ4v) is 6.77. The van der Waals surface area contributed by atoms with Crippen molar-refractivity contribution in [3.63, 3.8) is 0 Å². The Kier molecular flexibility index (Phi) is 7.12. The van der Waals surface area contributed by atoms with E-state index in [4.69, 9.17) is 21.3 Å². The van der Waals surface area contributed by atoms with E-state index in [0.717, 1.165) is 0 Å². The second-order valence-corrected chi connectivity index (χ2v) is 11.7. The van der Waals surface area contributed by atoms with Crippen LogP contribution in [0, 0.1) is 11.7 Å². The molecule has 10 nitrogen and oxygen atoms in total. The number of hydrogen-bond donors (Lipinski definition) is 2. The molecule has 0 saturated carbocycles. The minimum atomic E-state index is -3.69. The van der Waals surface area contributed by atoms with Crippen molar-refractivity contribution in [1.82, 2.24) is 24.8 Å². The number of aromatic amines is 1. The summed E-state index contributed by atoms with van der Waals surface area (Å²) in [6.45, 7) is 0.479. The maximum Gasteiger partial charge on any atom is 0.338 e. The van der Waals surface area contributed by atoms with Crippen molar-refractivity contribution in [2.45, 2.75) is 23.8 Å². The van der Waals surface area contributed by atoms with Gasteiger partial charge in [0, 0.05) is 53.1 Å². The number of hydrogen-bond acceptors (Lipinski definition) is 9. The van der Waals surface area contributed by atoms with Gasteiger partial charge in [0.05, 0.1) is 18.9 Å². The van der Waals surface area contributed by atoms with Crippen LogP contribution in [0.15, 0.2) is 63.3 Å². The molecule has 3 aromatic rings. The number of H-pyrrole nitrogens is 1. The van der Waals surface area contributed by atoms with E-state index in [9.17, 15) is 17.6 Å². The number of carbonyl (C=O) groups is 1. The molecule has 1 fully saturated rings. The van der Waals surface area contributed by atoms with E-state index in [0.29, 0.717) is 34.9 Å². The molecule has 0 aliphatic carbocycles.